The lowest BCUT2D eigenvalue weighted by Crippen LogP contribution is -2.52. The Balaban J connectivity index is 1.53. The van der Waals surface area contributed by atoms with Crippen molar-refractivity contribution in [2.75, 3.05) is 18.4 Å². The van der Waals surface area contributed by atoms with E-state index in [2.05, 4.69) is 27.4 Å². The molecule has 1 aliphatic heterocycles. The number of nitrogens with zero attached hydrogens (tertiary/aromatic N) is 3. The van der Waals surface area contributed by atoms with Crippen LogP contribution < -0.4 is 15.4 Å². The number of carbonyl (C=O) groups excluding carboxylic acids is 2. The third-order valence-electron chi connectivity index (χ3n) is 4.98. The number of hydrogen-bond donors (Lipinski definition) is 2. The molecule has 0 saturated heterocycles. The first-order valence-electron chi connectivity index (χ1n) is 10.5. The number of hydrogen-bond acceptors (Lipinski definition) is 7. The summed E-state index contributed by atoms with van der Waals surface area (Å²) in [6.45, 7) is 4.12. The maximum Gasteiger partial charge on any atom is 0.259 e. The molecule has 9 nitrogen and oxygen atoms in total. The molecular weight excluding hydrogens is 458 g/mol. The highest BCUT2D eigenvalue weighted by atomic mass is 35.5. The van der Waals surface area contributed by atoms with E-state index < -0.39 is 5.92 Å². The second-order valence-electron chi connectivity index (χ2n) is 7.39. The van der Waals surface area contributed by atoms with E-state index in [4.69, 9.17) is 20.9 Å². The number of amides is 2. The molecule has 2 aromatic carbocycles. The van der Waals surface area contributed by atoms with Crippen LogP contribution in [0.25, 0.3) is 0 Å². The number of ether oxygens (including phenoxy) is 1. The normalized spacial score (nSPS) is 15.4. The summed E-state index contributed by atoms with van der Waals surface area (Å²) in [5.74, 6) is -0.395. The maximum absolute atomic E-state index is 13.3. The molecule has 0 spiro atoms. The van der Waals surface area contributed by atoms with Gasteiger partial charge in [-0.3, -0.25) is 19.5 Å². The van der Waals surface area contributed by atoms with Gasteiger partial charge in [0.2, 0.25) is 17.8 Å². The van der Waals surface area contributed by atoms with Crippen molar-refractivity contribution in [3.63, 3.8) is 0 Å². The van der Waals surface area contributed by atoms with Crippen LogP contribution in [0.3, 0.4) is 0 Å². The summed E-state index contributed by atoms with van der Waals surface area (Å²) >= 11 is 5.99. The lowest BCUT2D eigenvalue weighted by Gasteiger charge is -2.32. The van der Waals surface area contributed by atoms with Gasteiger partial charge in [-0.2, -0.15) is 0 Å². The predicted octanol–water partition coefficient (Wildman–Crippen LogP) is 3.85. The number of anilines is 1. The van der Waals surface area contributed by atoms with Crippen molar-refractivity contribution < 1.29 is 18.8 Å². The Kier molecular flexibility index (Phi) is 7.24. The van der Waals surface area contributed by atoms with Gasteiger partial charge in [0, 0.05) is 23.3 Å². The molecule has 2 N–H and O–H groups in total. The van der Waals surface area contributed by atoms with Gasteiger partial charge in [-0.1, -0.05) is 29.8 Å². The van der Waals surface area contributed by atoms with E-state index in [-0.39, 0.29) is 31.4 Å². The first-order valence-corrected chi connectivity index (χ1v) is 10.9. The summed E-state index contributed by atoms with van der Waals surface area (Å²) < 4.78 is 10.3. The molecule has 0 radical (unpaired) electrons. The highest BCUT2D eigenvalue weighted by Gasteiger charge is 2.36. The van der Waals surface area contributed by atoms with Gasteiger partial charge >= 0.3 is 0 Å². The van der Waals surface area contributed by atoms with E-state index in [0.717, 1.165) is 5.56 Å². The molecular formula is C24H22ClN5O4. The van der Waals surface area contributed by atoms with E-state index in [1.165, 1.54) is 11.2 Å². The Morgan fingerprint density at radius 1 is 1.21 bits per heavy atom. The largest absolute Gasteiger partial charge is 0.436 e. The van der Waals surface area contributed by atoms with Crippen molar-refractivity contribution in [1.82, 2.24) is 15.4 Å². The summed E-state index contributed by atoms with van der Waals surface area (Å²) in [4.78, 5) is 31.8. The van der Waals surface area contributed by atoms with Crippen molar-refractivity contribution in [3.8, 4) is 11.6 Å². The van der Waals surface area contributed by atoms with Crippen LogP contribution >= 0.6 is 11.6 Å². The van der Waals surface area contributed by atoms with Crippen LogP contribution in [0.15, 0.2) is 83.0 Å². The van der Waals surface area contributed by atoms with Gasteiger partial charge in [-0.05, 0) is 47.1 Å². The zero-order chi connectivity index (χ0) is 23.9. The van der Waals surface area contributed by atoms with Crippen molar-refractivity contribution in [3.05, 3.63) is 84.1 Å². The van der Waals surface area contributed by atoms with Crippen molar-refractivity contribution in [2.24, 2.45) is 10.9 Å². The second kappa shape index (κ2) is 10.7. The quantitative estimate of drug-likeness (QED) is 0.375. The number of aromatic nitrogens is 1. The maximum atomic E-state index is 13.3. The number of guanidine groups is 1. The zero-order valence-electron chi connectivity index (χ0n) is 18.1. The molecule has 1 aromatic heterocycles. The van der Waals surface area contributed by atoms with Crippen LogP contribution in [0.5, 0.6) is 11.6 Å². The van der Waals surface area contributed by atoms with Gasteiger partial charge in [0.05, 0.1) is 13.1 Å². The standard InChI is InChI=1S/C24H22ClN5O4/c1-2-12-26-22(31)20-14-27-24(30(23(20)32)15-16-3-5-17(25)6-4-16)28-18-7-9-19(10-8-18)34-21-11-13-33-29-21/h2-11,13,20H,1,12,14-15H2,(H,26,31)(H,27,28). The van der Waals surface area contributed by atoms with Crippen molar-refractivity contribution in [1.29, 1.82) is 0 Å². The number of aliphatic imine (C=N–C) groups is 1. The summed E-state index contributed by atoms with van der Waals surface area (Å²) in [6.07, 6.45) is 2.98. The average molecular weight is 480 g/mol. The molecule has 0 bridgehead atoms. The fraction of sp³-hybridized carbons (Fsp3) is 0.167. The minimum atomic E-state index is -0.920. The Hall–Kier alpha value is -4.11. The van der Waals surface area contributed by atoms with E-state index in [9.17, 15) is 9.59 Å². The van der Waals surface area contributed by atoms with Gasteiger partial charge in [0.25, 0.3) is 5.88 Å². The first-order chi connectivity index (χ1) is 16.5. The molecule has 1 atom stereocenters. The van der Waals surface area contributed by atoms with Crippen LogP contribution in [0.4, 0.5) is 5.69 Å². The van der Waals surface area contributed by atoms with E-state index in [0.29, 0.717) is 28.3 Å². The minimum Gasteiger partial charge on any atom is -0.436 e. The molecule has 0 aliphatic carbocycles. The third kappa shape index (κ3) is 5.62. The molecule has 3 aromatic rings. The Morgan fingerprint density at radius 3 is 2.65 bits per heavy atom. The van der Waals surface area contributed by atoms with Crippen LogP contribution in [-0.2, 0) is 16.1 Å². The number of halogens is 1. The lowest BCUT2D eigenvalue weighted by molar-refractivity contribution is -0.139. The predicted molar refractivity (Wildman–Crippen MR) is 128 cm³/mol. The number of nitrogens with one attached hydrogen (secondary N) is 2. The van der Waals surface area contributed by atoms with Gasteiger partial charge in [-0.15, -0.1) is 6.58 Å². The topological polar surface area (TPSA) is 109 Å². The molecule has 4 rings (SSSR count). The molecule has 10 heteroatoms. The zero-order valence-corrected chi connectivity index (χ0v) is 18.9. The Morgan fingerprint density at radius 2 is 1.97 bits per heavy atom. The fourth-order valence-electron chi connectivity index (χ4n) is 3.27. The fourth-order valence-corrected chi connectivity index (χ4v) is 3.39. The average Bonchev–Trinajstić information content (AvgIpc) is 3.35. The molecule has 34 heavy (non-hydrogen) atoms. The van der Waals surface area contributed by atoms with Crippen molar-refractivity contribution >= 4 is 35.1 Å². The second-order valence-corrected chi connectivity index (χ2v) is 7.83. The minimum absolute atomic E-state index is 0.0363. The highest BCUT2D eigenvalue weighted by molar-refractivity contribution is 6.30. The Bertz CT molecular complexity index is 1180. The number of carbonyl (C=O) groups is 2. The molecule has 174 valence electrons. The van der Waals surface area contributed by atoms with E-state index >= 15 is 0 Å². The van der Waals surface area contributed by atoms with Crippen LogP contribution in [0.1, 0.15) is 5.56 Å². The lowest BCUT2D eigenvalue weighted by atomic mass is 10.0. The molecule has 2 amide bonds. The monoisotopic (exact) mass is 479 g/mol. The first kappa shape index (κ1) is 23.1. The van der Waals surface area contributed by atoms with Crippen LogP contribution in [0, 0.1) is 5.92 Å². The summed E-state index contributed by atoms with van der Waals surface area (Å²) in [5.41, 5.74) is 1.53. The summed E-state index contributed by atoms with van der Waals surface area (Å²) in [5, 5.41) is 10.2. The van der Waals surface area contributed by atoms with E-state index in [1.807, 2.05) is 12.1 Å². The summed E-state index contributed by atoms with van der Waals surface area (Å²) in [6, 6.07) is 15.8. The number of rotatable bonds is 8. The van der Waals surface area contributed by atoms with Gasteiger partial charge in [0.1, 0.15) is 17.9 Å². The van der Waals surface area contributed by atoms with Gasteiger partial charge in [-0.25, -0.2) is 0 Å². The van der Waals surface area contributed by atoms with Gasteiger partial charge < -0.3 is 19.9 Å². The van der Waals surface area contributed by atoms with Crippen molar-refractivity contribution in [2.45, 2.75) is 6.54 Å². The van der Waals surface area contributed by atoms with Crippen LogP contribution in [-0.4, -0.2) is 40.9 Å². The molecule has 0 saturated carbocycles. The molecule has 1 unspecified atom stereocenters. The summed E-state index contributed by atoms with van der Waals surface area (Å²) in [7, 11) is 0. The molecule has 1 aliphatic rings. The van der Waals surface area contributed by atoms with Crippen LogP contribution in [0.2, 0.25) is 5.02 Å². The molecule has 0 fully saturated rings. The smallest absolute Gasteiger partial charge is 0.259 e. The van der Waals surface area contributed by atoms with E-state index in [1.54, 1.807) is 48.5 Å². The SMILES string of the molecule is C=CCNC(=O)C1CN=C(Nc2ccc(Oc3ccon3)cc2)N(Cc2ccc(Cl)cc2)C1=O. The Labute approximate surface area is 201 Å². The highest BCUT2D eigenvalue weighted by Crippen LogP contribution is 2.23. The third-order valence-corrected chi connectivity index (χ3v) is 5.23. The number of benzene rings is 2. The van der Waals surface area contributed by atoms with Gasteiger partial charge in [0.15, 0.2) is 0 Å². The molecule has 2 heterocycles.